The minimum atomic E-state index is -2.13. The van der Waals surface area contributed by atoms with Crippen LogP contribution >= 0.6 is 0 Å². The highest BCUT2D eigenvalue weighted by molar-refractivity contribution is 5.90. The number of phenols is 2. The van der Waals surface area contributed by atoms with Gasteiger partial charge in [-0.1, -0.05) is 36.4 Å². The molecule has 7 aliphatic rings. The van der Waals surface area contributed by atoms with E-state index >= 15 is 0 Å². The number of aliphatic carboxylic acids is 1. The molecule has 0 radical (unpaired) electrons. The number of carboxylic acids is 1. The van der Waals surface area contributed by atoms with Gasteiger partial charge in [0, 0.05) is 35.9 Å². The van der Waals surface area contributed by atoms with E-state index in [1.807, 2.05) is 0 Å². The van der Waals surface area contributed by atoms with Gasteiger partial charge in [-0.2, -0.15) is 0 Å². The van der Waals surface area contributed by atoms with E-state index in [1.54, 1.807) is 0 Å². The minimum Gasteiger partial charge on any atom is -0.508 e. The first kappa shape index (κ1) is 85.8. The molecular weight excluding hydrogens is 1540 g/mol. The highest BCUT2D eigenvalue weighted by Gasteiger charge is 2.52. The molecule has 115 heavy (non-hydrogen) atoms. The van der Waals surface area contributed by atoms with E-state index < -0.39 is 258 Å². The zero-order chi connectivity index (χ0) is 82.8. The van der Waals surface area contributed by atoms with Gasteiger partial charge in [-0.25, -0.2) is 14.4 Å². The van der Waals surface area contributed by atoms with Gasteiger partial charge in [0.15, 0.2) is 29.1 Å². The van der Waals surface area contributed by atoms with Crippen LogP contribution < -0.4 is 14.2 Å². The van der Waals surface area contributed by atoms with Crippen LogP contribution in [0.25, 0.3) is 24.0 Å². The van der Waals surface area contributed by atoms with Crippen molar-refractivity contribution in [1.82, 2.24) is 0 Å². The lowest BCUT2D eigenvalue weighted by atomic mass is 9.97. The molecule has 0 aromatic heterocycles. The summed E-state index contributed by atoms with van der Waals surface area (Å²) < 4.78 is 83.1. The summed E-state index contributed by atoms with van der Waals surface area (Å²) in [5.74, 6) is -8.57. The number of fused-ring (bicyclic) bond motifs is 1. The third-order valence-electron chi connectivity index (χ3n) is 18.7. The van der Waals surface area contributed by atoms with Crippen molar-refractivity contribution in [3.63, 3.8) is 0 Å². The Hall–Kier alpha value is -10.1. The second-order valence-electron chi connectivity index (χ2n) is 26.9. The van der Waals surface area contributed by atoms with E-state index in [0.29, 0.717) is 16.7 Å². The molecule has 26 atom stereocenters. The number of hydrogen-bond acceptors (Lipinski definition) is 38. The molecule has 26 unspecified atom stereocenters. The Morgan fingerprint density at radius 1 is 0.426 bits per heavy atom. The van der Waals surface area contributed by atoms with Crippen LogP contribution in [0.3, 0.4) is 0 Å². The lowest BCUT2D eigenvalue weighted by molar-refractivity contribution is -0.354. The fraction of sp³-hybridized carbons (Fsp3) is 0.427. The monoisotopic (exact) mass is 1620 g/mol. The van der Waals surface area contributed by atoms with Gasteiger partial charge in [0.2, 0.25) is 31.3 Å². The number of aliphatic hydroxyl groups is 19. The van der Waals surface area contributed by atoms with Crippen LogP contribution in [-0.2, 0) is 76.1 Å². The molecule has 40 nitrogen and oxygen atoms in total. The SMILES string of the molecule is O=C(O)CC(=O)OCC1OC(OC2=C(c3ccc(O)c(OC4OC(COC(=O)C=Cc5ccc(OC6OC(COC(=O)C=Cc7ccc(OC8OC(CO)C(O)C(O)C8O)cc7)C(O)C(O)C6O)cc5)C(O)C(O)C4O)c3)OC3=CC([OH+]C4OC(COC(=O)C=Cc5ccc(O)cc5)C(O)C(O)C4O)C=C(O)C3=C2)C(O)C(O)C1O. The van der Waals surface area contributed by atoms with Gasteiger partial charge >= 0.3 is 29.8 Å². The van der Waals surface area contributed by atoms with Gasteiger partial charge in [-0.15, -0.1) is 0 Å². The van der Waals surface area contributed by atoms with Crippen molar-refractivity contribution in [2.45, 2.75) is 166 Å². The third-order valence-corrected chi connectivity index (χ3v) is 18.7. The van der Waals surface area contributed by atoms with Gasteiger partial charge in [0.25, 0.3) is 6.29 Å². The second kappa shape index (κ2) is 38.1. The Morgan fingerprint density at radius 2 is 0.826 bits per heavy atom. The molecule has 0 saturated carbocycles. The molecular formula is C75H83O40+. The summed E-state index contributed by atoms with van der Waals surface area (Å²) >= 11 is 0. The van der Waals surface area contributed by atoms with Crippen LogP contribution in [0, 0.1) is 0 Å². The Bertz CT molecular complexity index is 4270. The van der Waals surface area contributed by atoms with Crippen LogP contribution in [0.1, 0.15) is 28.7 Å². The Balaban J connectivity index is 0.719. The van der Waals surface area contributed by atoms with Crippen molar-refractivity contribution in [2.24, 2.45) is 0 Å². The normalized spacial score (nSPS) is 33.5. The van der Waals surface area contributed by atoms with Gasteiger partial charge in [-0.3, -0.25) is 9.59 Å². The number of esters is 4. The summed E-state index contributed by atoms with van der Waals surface area (Å²) in [6.07, 6.45) is -36.6. The summed E-state index contributed by atoms with van der Waals surface area (Å²) in [7, 11) is 0. The first-order valence-corrected chi connectivity index (χ1v) is 35.3. The minimum absolute atomic E-state index is 0.0179. The van der Waals surface area contributed by atoms with Crippen molar-refractivity contribution in [3.05, 3.63) is 173 Å². The topological polar surface area (TPSA) is 632 Å². The summed E-state index contributed by atoms with van der Waals surface area (Å²) in [5.41, 5.74) is 0.958. The van der Waals surface area contributed by atoms with E-state index in [9.17, 15) is 121 Å². The zero-order valence-corrected chi connectivity index (χ0v) is 59.8. The molecule has 0 amide bonds. The summed E-state index contributed by atoms with van der Waals surface area (Å²) in [6, 6.07) is 20.6. The maximum absolute atomic E-state index is 13.1. The fourth-order valence-electron chi connectivity index (χ4n) is 12.3. The number of allylic oxidation sites excluding steroid dienone is 1. The highest BCUT2D eigenvalue weighted by Crippen LogP contribution is 2.43. The number of aromatic hydroxyl groups is 2. The molecule has 6 heterocycles. The average Bonchev–Trinajstić information content (AvgIpc) is 0.764. The molecule has 40 heteroatoms. The van der Waals surface area contributed by atoms with Crippen LogP contribution in [0.4, 0.5) is 0 Å². The Morgan fingerprint density at radius 3 is 1.28 bits per heavy atom. The van der Waals surface area contributed by atoms with E-state index in [-0.39, 0.29) is 34.1 Å². The number of rotatable bonds is 28. The molecule has 4 aromatic carbocycles. The van der Waals surface area contributed by atoms with E-state index in [1.165, 1.54) is 103 Å². The number of hydrogen-bond donors (Lipinski definition) is 20. The lowest BCUT2D eigenvalue weighted by Crippen LogP contribution is -2.60. The van der Waals surface area contributed by atoms with E-state index in [4.69, 9.17) is 71.4 Å². The van der Waals surface area contributed by atoms with Gasteiger partial charge in [0.05, 0.1) is 12.2 Å². The first-order chi connectivity index (χ1) is 54.8. The predicted octanol–water partition coefficient (Wildman–Crippen LogP) is -5.07. The molecule has 0 spiro atoms. The van der Waals surface area contributed by atoms with Crippen molar-refractivity contribution in [2.75, 3.05) is 33.0 Å². The van der Waals surface area contributed by atoms with Crippen molar-refractivity contribution < 1.29 is 197 Å². The highest BCUT2D eigenvalue weighted by atomic mass is 16.7. The average molecular weight is 1620 g/mol. The first-order valence-electron chi connectivity index (χ1n) is 35.3. The number of carboxylic acid groups (broad SMARTS) is 1. The van der Waals surface area contributed by atoms with Crippen molar-refractivity contribution in [1.29, 1.82) is 0 Å². The number of benzene rings is 4. The van der Waals surface area contributed by atoms with Crippen molar-refractivity contribution in [3.8, 4) is 28.7 Å². The van der Waals surface area contributed by atoms with Crippen LogP contribution in [0.5, 0.6) is 28.7 Å². The number of aliphatic hydroxyl groups excluding tert-OH is 17. The predicted molar refractivity (Wildman–Crippen MR) is 377 cm³/mol. The maximum Gasteiger partial charge on any atom is 0.330 e. The summed E-state index contributed by atoms with van der Waals surface area (Å²) in [5, 5.41) is 213. The molecule has 6 aliphatic heterocycles. The van der Waals surface area contributed by atoms with Gasteiger partial charge in [-0.05, 0) is 95.6 Å². The number of phenolic OH excluding ortho intramolecular Hbond substituents is 2. The molecule has 4 aromatic rings. The lowest BCUT2D eigenvalue weighted by Gasteiger charge is -2.40. The van der Waals surface area contributed by atoms with Gasteiger partial charge in [0.1, 0.15) is 178 Å². The zero-order valence-electron chi connectivity index (χ0n) is 59.8. The standard InChI is InChI=1S/C75H82O40/c76-26-45-55(86)60(91)65(96)71(111-45)105-36-13-3-32(4-14-36)8-19-52(83)101-27-46-56(87)61(92)66(97)72(112-46)106-37-15-5-33(6-16-37)9-20-53(84)103-29-48-58(89)63(94)68(99)74(114-48)109-43-21-34(10-17-40(43)78)70-44(110-75-69(100)64(95)59(90)49(115-75)30-104-54(85)25-50(80)81)24-39-41(79)22-38(23-42(39)108-70)107-73-67(98)62(93)57(88)47(113-73)28-102-51(82)18-7-31-1-11-35(77)12-2-31/h1-24,38,45-49,55-69,71-79,86-100H,25-30H2,(H,80,81)/p+1. The number of ether oxygens (including phenoxy) is 15. The second-order valence-corrected chi connectivity index (χ2v) is 26.9. The summed E-state index contributed by atoms with van der Waals surface area (Å²) in [4.78, 5) is 61.9. The Labute approximate surface area is 649 Å². The van der Waals surface area contributed by atoms with Gasteiger partial charge < -0.3 is 173 Å². The van der Waals surface area contributed by atoms with Crippen LogP contribution in [0.2, 0.25) is 0 Å². The van der Waals surface area contributed by atoms with Crippen LogP contribution in [0.15, 0.2) is 150 Å². The smallest absolute Gasteiger partial charge is 0.330 e. The van der Waals surface area contributed by atoms with E-state index in [2.05, 4.69) is 4.74 Å². The largest absolute Gasteiger partial charge is 0.508 e. The molecule has 21 N–H and O–H groups in total. The van der Waals surface area contributed by atoms with E-state index in [0.717, 1.165) is 42.5 Å². The molecule has 0 bridgehead atoms. The van der Waals surface area contributed by atoms with Crippen LogP contribution in [-0.4, -0.2) is 329 Å². The third kappa shape index (κ3) is 21.2. The molecule has 5 fully saturated rings. The molecule has 1 aliphatic carbocycles. The number of carbonyl (C=O) groups excluding carboxylic acids is 4. The molecule has 5 saturated heterocycles. The molecule has 622 valence electrons. The quantitative estimate of drug-likeness (QED) is 0.00832. The number of carbonyl (C=O) groups is 5. The Kier molecular flexibility index (Phi) is 28.5. The summed E-state index contributed by atoms with van der Waals surface area (Å²) in [6.45, 7) is -3.64. The fourth-order valence-corrected chi connectivity index (χ4v) is 12.3. The van der Waals surface area contributed by atoms with Crippen molar-refractivity contribution >= 4 is 53.8 Å². The molecule has 11 rings (SSSR count). The maximum atomic E-state index is 13.1.